The second kappa shape index (κ2) is 4.93. The first-order chi connectivity index (χ1) is 8.91. The Bertz CT molecular complexity index is 642. The summed E-state index contributed by atoms with van der Waals surface area (Å²) in [6.45, 7) is 0. The molecule has 1 N–H and O–H groups in total. The van der Waals surface area contributed by atoms with Crippen LogP contribution < -0.4 is 0 Å². The van der Waals surface area contributed by atoms with Gasteiger partial charge in [0.25, 0.3) is 6.43 Å². The number of hydrogen-bond donors (Lipinski definition) is 1. The maximum absolute atomic E-state index is 13.7. The quantitative estimate of drug-likeness (QED) is 0.935. The van der Waals surface area contributed by atoms with Gasteiger partial charge < -0.3 is 9.52 Å². The van der Waals surface area contributed by atoms with Crippen molar-refractivity contribution in [2.24, 2.45) is 0 Å². The summed E-state index contributed by atoms with van der Waals surface area (Å²) in [5, 5.41) is 8.45. The molecule has 0 aliphatic heterocycles. The highest BCUT2D eigenvalue weighted by Gasteiger charge is 2.27. The zero-order chi connectivity index (χ0) is 14.2. The zero-order valence-electron chi connectivity index (χ0n) is 9.03. The average molecular weight is 292 g/mol. The zero-order valence-corrected chi connectivity index (χ0v) is 9.79. The van der Waals surface area contributed by atoms with E-state index in [-0.39, 0.29) is 10.6 Å². The molecule has 0 aliphatic rings. The molecule has 0 spiro atoms. The van der Waals surface area contributed by atoms with Crippen LogP contribution in [0.2, 0.25) is 5.02 Å². The number of alkyl halides is 2. The Labute approximate surface area is 109 Å². The van der Waals surface area contributed by atoms with Gasteiger partial charge in [0.15, 0.2) is 11.5 Å². The Hall–Kier alpha value is -2.02. The van der Waals surface area contributed by atoms with E-state index in [2.05, 4.69) is 9.40 Å². The van der Waals surface area contributed by atoms with E-state index >= 15 is 0 Å². The molecule has 1 heterocycles. The van der Waals surface area contributed by atoms with Crippen LogP contribution >= 0.6 is 11.6 Å². The summed E-state index contributed by atoms with van der Waals surface area (Å²) in [5.74, 6) is -4.23. The van der Waals surface area contributed by atoms with Crippen LogP contribution in [0, 0.1) is 5.82 Å². The Morgan fingerprint density at radius 3 is 2.63 bits per heavy atom. The van der Waals surface area contributed by atoms with E-state index in [1.807, 2.05) is 0 Å². The van der Waals surface area contributed by atoms with E-state index in [9.17, 15) is 18.0 Å². The number of carbonyl (C=O) groups is 1. The van der Waals surface area contributed by atoms with Crippen LogP contribution in [0.4, 0.5) is 13.2 Å². The highest BCUT2D eigenvalue weighted by Crippen LogP contribution is 2.31. The van der Waals surface area contributed by atoms with Crippen LogP contribution in [0.1, 0.15) is 22.7 Å². The Balaban J connectivity index is 2.61. The van der Waals surface area contributed by atoms with E-state index in [0.717, 1.165) is 0 Å². The van der Waals surface area contributed by atoms with Gasteiger partial charge in [-0.05, 0) is 12.1 Å². The van der Waals surface area contributed by atoms with Crippen LogP contribution in [0.25, 0.3) is 11.5 Å². The molecular weight excluding hydrogens is 287 g/mol. The normalized spacial score (nSPS) is 11.0. The molecular formula is C11H5ClF3NO3. The molecule has 100 valence electrons. The fourth-order valence-electron chi connectivity index (χ4n) is 1.42. The molecule has 1 aromatic heterocycles. The Morgan fingerprint density at radius 2 is 2.11 bits per heavy atom. The summed E-state index contributed by atoms with van der Waals surface area (Å²) >= 11 is 5.53. The lowest BCUT2D eigenvalue weighted by molar-refractivity contribution is 0.0646. The van der Waals surface area contributed by atoms with Crippen molar-refractivity contribution < 1.29 is 27.5 Å². The van der Waals surface area contributed by atoms with Crippen molar-refractivity contribution in [2.45, 2.75) is 6.43 Å². The maximum Gasteiger partial charge on any atom is 0.374 e. The molecule has 0 atom stereocenters. The number of halogens is 4. The number of oxazole rings is 1. The van der Waals surface area contributed by atoms with Crippen LogP contribution in [-0.2, 0) is 0 Å². The minimum Gasteiger partial charge on any atom is -0.475 e. The van der Waals surface area contributed by atoms with Gasteiger partial charge in [-0.3, -0.25) is 0 Å². The van der Waals surface area contributed by atoms with E-state index < -0.39 is 35.6 Å². The third kappa shape index (κ3) is 2.41. The molecule has 0 bridgehead atoms. The van der Waals surface area contributed by atoms with Gasteiger partial charge in [0.1, 0.15) is 0 Å². The largest absolute Gasteiger partial charge is 0.475 e. The van der Waals surface area contributed by atoms with Crippen LogP contribution in [0.5, 0.6) is 0 Å². The van der Waals surface area contributed by atoms with Crippen molar-refractivity contribution in [3.05, 3.63) is 40.5 Å². The summed E-state index contributed by atoms with van der Waals surface area (Å²) in [6.07, 6.45) is -3.15. The van der Waals surface area contributed by atoms with Crippen LogP contribution in [-0.4, -0.2) is 16.1 Å². The number of hydrogen-bond acceptors (Lipinski definition) is 3. The molecule has 0 radical (unpaired) electrons. The van der Waals surface area contributed by atoms with Crippen molar-refractivity contribution in [2.75, 3.05) is 0 Å². The molecule has 0 saturated heterocycles. The lowest BCUT2D eigenvalue weighted by Crippen LogP contribution is -1.99. The Morgan fingerprint density at radius 1 is 1.42 bits per heavy atom. The van der Waals surface area contributed by atoms with Gasteiger partial charge in [0, 0.05) is 0 Å². The van der Waals surface area contributed by atoms with Gasteiger partial charge in [0.2, 0.25) is 11.7 Å². The third-order valence-corrected chi connectivity index (χ3v) is 2.53. The second-order valence-electron chi connectivity index (χ2n) is 3.44. The number of benzene rings is 1. The van der Waals surface area contributed by atoms with Crippen molar-refractivity contribution in [3.63, 3.8) is 0 Å². The first kappa shape index (κ1) is 13.4. The van der Waals surface area contributed by atoms with Crippen molar-refractivity contribution in [3.8, 4) is 11.5 Å². The van der Waals surface area contributed by atoms with Crippen LogP contribution in [0.3, 0.4) is 0 Å². The molecule has 0 fully saturated rings. The molecule has 4 nitrogen and oxygen atoms in total. The number of carboxylic acid groups (broad SMARTS) is 1. The predicted octanol–water partition coefficient (Wildman–Crippen LogP) is 3.77. The van der Waals surface area contributed by atoms with Crippen molar-refractivity contribution in [1.82, 2.24) is 4.98 Å². The summed E-state index contributed by atoms with van der Waals surface area (Å²) in [4.78, 5) is 14.0. The molecule has 19 heavy (non-hydrogen) atoms. The molecule has 0 amide bonds. The van der Waals surface area contributed by atoms with Gasteiger partial charge in [-0.25, -0.2) is 22.9 Å². The number of rotatable bonds is 3. The maximum atomic E-state index is 13.7. The lowest BCUT2D eigenvalue weighted by Gasteiger charge is -1.99. The monoisotopic (exact) mass is 291 g/mol. The molecule has 0 unspecified atom stereocenters. The smallest absolute Gasteiger partial charge is 0.374 e. The first-order valence-corrected chi connectivity index (χ1v) is 5.26. The standard InChI is InChI=1S/C11H5ClF3NO3/c12-5-3-1-2-4(6(5)13)10-16-7(9(14)15)8(19-10)11(17)18/h1-3,9H,(H,17,18). The van der Waals surface area contributed by atoms with Gasteiger partial charge in [-0.15, -0.1) is 0 Å². The molecule has 0 saturated carbocycles. The second-order valence-corrected chi connectivity index (χ2v) is 3.85. The fraction of sp³-hybridized carbons (Fsp3) is 0.0909. The minimum atomic E-state index is -3.15. The summed E-state index contributed by atoms with van der Waals surface area (Å²) < 4.78 is 43.5. The topological polar surface area (TPSA) is 63.3 Å². The molecule has 0 aliphatic carbocycles. The summed E-state index contributed by atoms with van der Waals surface area (Å²) in [6, 6.07) is 3.79. The van der Waals surface area contributed by atoms with Crippen LogP contribution in [0.15, 0.2) is 22.6 Å². The molecule has 2 aromatic rings. The third-order valence-electron chi connectivity index (χ3n) is 2.24. The highest BCUT2D eigenvalue weighted by atomic mass is 35.5. The van der Waals surface area contributed by atoms with E-state index in [4.69, 9.17) is 16.7 Å². The minimum absolute atomic E-state index is 0.258. The lowest BCUT2D eigenvalue weighted by atomic mass is 10.2. The first-order valence-electron chi connectivity index (χ1n) is 4.88. The average Bonchev–Trinajstić information content (AvgIpc) is 2.77. The van der Waals surface area contributed by atoms with Crippen molar-refractivity contribution in [1.29, 1.82) is 0 Å². The molecule has 2 rings (SSSR count). The van der Waals surface area contributed by atoms with Gasteiger partial charge >= 0.3 is 5.97 Å². The van der Waals surface area contributed by atoms with Gasteiger partial charge in [-0.1, -0.05) is 17.7 Å². The summed E-state index contributed by atoms with van der Waals surface area (Å²) in [5.41, 5.74) is -1.34. The SMILES string of the molecule is O=C(O)c1oc(-c2cccc(Cl)c2F)nc1C(F)F. The Kier molecular flexibility index (Phi) is 3.48. The van der Waals surface area contributed by atoms with Gasteiger partial charge in [0.05, 0.1) is 10.6 Å². The van der Waals surface area contributed by atoms with Gasteiger partial charge in [-0.2, -0.15) is 0 Å². The number of aromatic nitrogens is 1. The predicted molar refractivity (Wildman–Crippen MR) is 58.8 cm³/mol. The molecule has 8 heteroatoms. The summed E-state index contributed by atoms with van der Waals surface area (Å²) in [7, 11) is 0. The van der Waals surface area contributed by atoms with E-state index in [1.165, 1.54) is 18.2 Å². The number of aromatic carboxylic acids is 1. The number of carboxylic acids is 1. The van der Waals surface area contributed by atoms with E-state index in [0.29, 0.717) is 0 Å². The number of nitrogens with zero attached hydrogens (tertiary/aromatic N) is 1. The van der Waals surface area contributed by atoms with Crippen molar-refractivity contribution >= 4 is 17.6 Å². The highest BCUT2D eigenvalue weighted by molar-refractivity contribution is 6.31. The van der Waals surface area contributed by atoms with E-state index in [1.54, 1.807) is 0 Å². The molecule has 1 aromatic carbocycles. The fourth-order valence-corrected chi connectivity index (χ4v) is 1.59.